The Labute approximate surface area is 111 Å². The number of nitrogens with zero attached hydrogens (tertiary/aromatic N) is 2. The highest BCUT2D eigenvalue weighted by Gasteiger charge is 2.32. The summed E-state index contributed by atoms with van der Waals surface area (Å²) in [5, 5.41) is 3.71. The number of carbonyl (C=O) groups excluding carboxylic acids is 2. The van der Waals surface area contributed by atoms with Crippen molar-refractivity contribution in [3.8, 4) is 0 Å². The number of Topliss-reactive ketones (excluding diaryl/α,β-unsaturated/α-hetero) is 1. The predicted molar refractivity (Wildman–Crippen MR) is 66.9 cm³/mol. The monoisotopic (exact) mass is 264 g/mol. The van der Waals surface area contributed by atoms with E-state index >= 15 is 0 Å². The van der Waals surface area contributed by atoms with E-state index in [0.717, 1.165) is 0 Å². The second-order valence-electron chi connectivity index (χ2n) is 4.51. The predicted octanol–water partition coefficient (Wildman–Crippen LogP) is 1.43. The summed E-state index contributed by atoms with van der Waals surface area (Å²) in [6, 6.07) is 0. The Morgan fingerprint density at radius 1 is 1.47 bits per heavy atom. The maximum atomic E-state index is 12.2. The number of esters is 1. The maximum absolute atomic E-state index is 12.2. The zero-order chi connectivity index (χ0) is 14.0. The van der Waals surface area contributed by atoms with Crippen molar-refractivity contribution in [2.75, 3.05) is 20.7 Å². The number of allylic oxidation sites excluding steroid dienone is 1. The third kappa shape index (κ3) is 2.52. The van der Waals surface area contributed by atoms with Gasteiger partial charge in [-0.3, -0.25) is 4.79 Å². The van der Waals surface area contributed by atoms with Crippen LogP contribution < -0.4 is 0 Å². The Hall–Kier alpha value is -2.11. The molecule has 0 amide bonds. The van der Waals surface area contributed by atoms with E-state index in [0.29, 0.717) is 24.0 Å². The Balaban J connectivity index is 2.33. The number of carbonyl (C=O) groups is 2. The van der Waals surface area contributed by atoms with Crippen LogP contribution in [0.4, 0.5) is 0 Å². The molecule has 1 heterocycles. The average molecular weight is 264 g/mol. The van der Waals surface area contributed by atoms with Gasteiger partial charge >= 0.3 is 5.97 Å². The van der Waals surface area contributed by atoms with Crippen LogP contribution in [0.5, 0.6) is 0 Å². The molecule has 0 saturated heterocycles. The number of hydrogen-bond donors (Lipinski definition) is 0. The lowest BCUT2D eigenvalue weighted by Crippen LogP contribution is -2.18. The molecule has 1 aliphatic rings. The van der Waals surface area contributed by atoms with Crippen molar-refractivity contribution in [1.82, 2.24) is 10.1 Å². The highest BCUT2D eigenvalue weighted by Crippen LogP contribution is 2.27. The van der Waals surface area contributed by atoms with E-state index in [1.165, 1.54) is 0 Å². The lowest BCUT2D eigenvalue weighted by atomic mass is 9.91. The lowest BCUT2D eigenvalue weighted by Gasteiger charge is -2.14. The van der Waals surface area contributed by atoms with Gasteiger partial charge in [-0.25, -0.2) is 4.79 Å². The lowest BCUT2D eigenvalue weighted by molar-refractivity contribution is 0.0477. The number of rotatable bonds is 3. The molecule has 0 N–H and O–H groups in total. The highest BCUT2D eigenvalue weighted by molar-refractivity contribution is 6.10. The number of aromatic nitrogens is 1. The molecule has 0 saturated carbocycles. The normalized spacial score (nSPS) is 16.4. The first-order valence-corrected chi connectivity index (χ1v) is 6.12. The van der Waals surface area contributed by atoms with E-state index in [1.807, 2.05) is 19.0 Å². The molecule has 0 atom stereocenters. The van der Waals surface area contributed by atoms with Gasteiger partial charge in [-0.1, -0.05) is 5.16 Å². The van der Waals surface area contributed by atoms with Crippen molar-refractivity contribution in [2.45, 2.75) is 19.8 Å². The minimum Gasteiger partial charge on any atom is -0.460 e. The first-order chi connectivity index (χ1) is 9.04. The van der Waals surface area contributed by atoms with E-state index < -0.39 is 5.97 Å². The van der Waals surface area contributed by atoms with Gasteiger partial charge in [-0.15, -0.1) is 0 Å². The van der Waals surface area contributed by atoms with Crippen molar-refractivity contribution in [3.05, 3.63) is 28.8 Å². The summed E-state index contributed by atoms with van der Waals surface area (Å²) in [6.07, 6.45) is 2.89. The Kier molecular flexibility index (Phi) is 3.69. The molecule has 0 aliphatic heterocycles. The molecule has 0 aromatic carbocycles. The van der Waals surface area contributed by atoms with Crippen molar-refractivity contribution in [3.63, 3.8) is 0 Å². The molecule has 0 spiro atoms. The van der Waals surface area contributed by atoms with Crippen molar-refractivity contribution in [2.24, 2.45) is 0 Å². The topological polar surface area (TPSA) is 72.6 Å². The smallest absolute Gasteiger partial charge is 0.377 e. The highest BCUT2D eigenvalue weighted by atomic mass is 16.6. The number of ether oxygens (including phenoxy) is 1. The summed E-state index contributed by atoms with van der Waals surface area (Å²) in [7, 11) is 3.70. The third-order valence-electron chi connectivity index (χ3n) is 2.81. The molecular formula is C13H16N2O4. The van der Waals surface area contributed by atoms with Crippen molar-refractivity contribution < 1.29 is 18.8 Å². The quantitative estimate of drug-likeness (QED) is 0.607. The molecule has 0 unspecified atom stereocenters. The fraction of sp³-hybridized carbons (Fsp3) is 0.462. The molecule has 19 heavy (non-hydrogen) atoms. The van der Waals surface area contributed by atoms with Crippen LogP contribution in [0.2, 0.25) is 0 Å². The van der Waals surface area contributed by atoms with Gasteiger partial charge < -0.3 is 14.2 Å². The number of hydrogen-bond acceptors (Lipinski definition) is 6. The summed E-state index contributed by atoms with van der Waals surface area (Å²) in [4.78, 5) is 25.6. The molecule has 0 bridgehead atoms. The molecule has 1 aromatic rings. The van der Waals surface area contributed by atoms with Crippen molar-refractivity contribution >= 4 is 11.8 Å². The molecule has 102 valence electrons. The fourth-order valence-corrected chi connectivity index (χ4v) is 2.04. The minimum atomic E-state index is -0.566. The van der Waals surface area contributed by atoms with E-state index in [9.17, 15) is 9.59 Å². The van der Waals surface area contributed by atoms with Gasteiger partial charge in [0.05, 0.1) is 6.61 Å². The van der Waals surface area contributed by atoms with Gasteiger partial charge in [0.1, 0.15) is 0 Å². The van der Waals surface area contributed by atoms with Gasteiger partial charge in [0, 0.05) is 31.4 Å². The molecule has 0 fully saturated rings. The van der Waals surface area contributed by atoms with Gasteiger partial charge in [0.2, 0.25) is 11.5 Å². The van der Waals surface area contributed by atoms with Crippen LogP contribution in [0, 0.1) is 0 Å². The van der Waals surface area contributed by atoms with Crippen LogP contribution in [-0.4, -0.2) is 42.5 Å². The summed E-state index contributed by atoms with van der Waals surface area (Å²) in [5.41, 5.74) is 1.45. The van der Waals surface area contributed by atoms with Crippen molar-refractivity contribution in [1.29, 1.82) is 0 Å². The number of ketones is 1. The molecular weight excluding hydrogens is 248 g/mol. The molecule has 1 aromatic heterocycles. The van der Waals surface area contributed by atoms with Crippen LogP contribution in [0.1, 0.15) is 40.0 Å². The molecule has 2 rings (SSSR count). The Bertz CT molecular complexity index is 543. The minimum absolute atomic E-state index is 0.0501. The number of fused-ring (bicyclic) bond motifs is 1. The van der Waals surface area contributed by atoms with E-state index in [2.05, 4.69) is 5.16 Å². The summed E-state index contributed by atoms with van der Waals surface area (Å²) < 4.78 is 9.84. The standard InChI is InChI=1S/C13H16N2O4/c1-4-18-13(17)12-9-6-5-8(7-15(2)3)11(16)10(9)14-19-12/h7H,4-6H2,1-3H3. The van der Waals surface area contributed by atoms with Gasteiger partial charge in [0.25, 0.3) is 0 Å². The fourth-order valence-electron chi connectivity index (χ4n) is 2.04. The second-order valence-corrected chi connectivity index (χ2v) is 4.51. The van der Waals surface area contributed by atoms with E-state index in [-0.39, 0.29) is 23.8 Å². The van der Waals surface area contributed by atoms with Crippen LogP contribution in [0.3, 0.4) is 0 Å². The van der Waals surface area contributed by atoms with Gasteiger partial charge in [-0.2, -0.15) is 0 Å². The largest absolute Gasteiger partial charge is 0.460 e. The zero-order valence-electron chi connectivity index (χ0n) is 11.2. The summed E-state index contributed by atoms with van der Waals surface area (Å²) in [6.45, 7) is 1.97. The SMILES string of the molecule is CCOC(=O)c1onc2c1CCC(=CN(C)C)C2=O. The zero-order valence-corrected chi connectivity index (χ0v) is 11.2. The summed E-state index contributed by atoms with van der Waals surface area (Å²) >= 11 is 0. The molecule has 0 radical (unpaired) electrons. The van der Waals surface area contributed by atoms with E-state index in [4.69, 9.17) is 9.26 Å². The van der Waals surface area contributed by atoms with Gasteiger partial charge in [-0.05, 0) is 19.8 Å². The van der Waals surface area contributed by atoms with Crippen LogP contribution in [0.15, 0.2) is 16.3 Å². The average Bonchev–Trinajstić information content (AvgIpc) is 2.77. The maximum Gasteiger partial charge on any atom is 0.377 e. The van der Waals surface area contributed by atoms with Crippen LogP contribution >= 0.6 is 0 Å². The Morgan fingerprint density at radius 3 is 2.84 bits per heavy atom. The van der Waals surface area contributed by atoms with Crippen LogP contribution in [0.25, 0.3) is 0 Å². The van der Waals surface area contributed by atoms with E-state index in [1.54, 1.807) is 13.1 Å². The molecule has 1 aliphatic carbocycles. The summed E-state index contributed by atoms with van der Waals surface area (Å²) in [5.74, 6) is -0.701. The Morgan fingerprint density at radius 2 is 2.21 bits per heavy atom. The third-order valence-corrected chi connectivity index (χ3v) is 2.81. The molecule has 6 heteroatoms. The van der Waals surface area contributed by atoms with Gasteiger partial charge in [0.15, 0.2) is 5.69 Å². The second kappa shape index (κ2) is 5.26. The first kappa shape index (κ1) is 13.3. The van der Waals surface area contributed by atoms with Crippen LogP contribution in [-0.2, 0) is 11.2 Å². The first-order valence-electron chi connectivity index (χ1n) is 6.12. The molecule has 6 nitrogen and oxygen atoms in total.